The van der Waals surface area contributed by atoms with Crippen molar-refractivity contribution in [3.8, 4) is 0 Å². The molecule has 0 spiro atoms. The lowest BCUT2D eigenvalue weighted by molar-refractivity contribution is -0.137. The van der Waals surface area contributed by atoms with Gasteiger partial charge in [-0.25, -0.2) is 0 Å². The van der Waals surface area contributed by atoms with Gasteiger partial charge in [0.05, 0.1) is 6.10 Å². The third-order valence-corrected chi connectivity index (χ3v) is 2.53. The van der Waals surface area contributed by atoms with E-state index in [1.54, 1.807) is 0 Å². The summed E-state index contributed by atoms with van der Waals surface area (Å²) in [5.41, 5.74) is 0. The van der Waals surface area contributed by atoms with Crippen LogP contribution in [0.15, 0.2) is 0 Å². The molecule has 1 amide bonds. The molecule has 1 fully saturated rings. The van der Waals surface area contributed by atoms with Crippen LogP contribution in [0.4, 0.5) is 0 Å². The number of amides is 1. The molecule has 4 nitrogen and oxygen atoms in total. The molecule has 4 heteroatoms. The third-order valence-electron chi connectivity index (χ3n) is 2.53. The van der Waals surface area contributed by atoms with Crippen molar-refractivity contribution >= 4 is 5.91 Å². The van der Waals surface area contributed by atoms with Crippen LogP contribution in [0.5, 0.6) is 0 Å². The Bertz CT molecular complexity index is 203. The van der Waals surface area contributed by atoms with E-state index in [1.807, 2.05) is 6.92 Å². The van der Waals surface area contributed by atoms with Crippen molar-refractivity contribution in [2.75, 3.05) is 19.6 Å². The van der Waals surface area contributed by atoms with E-state index in [4.69, 9.17) is 4.74 Å². The van der Waals surface area contributed by atoms with E-state index in [9.17, 15) is 4.79 Å². The molecule has 1 unspecified atom stereocenters. The fourth-order valence-corrected chi connectivity index (χ4v) is 1.34. The van der Waals surface area contributed by atoms with Crippen LogP contribution in [-0.4, -0.2) is 37.7 Å². The number of ether oxygens (including phenoxy) is 1. The van der Waals surface area contributed by atoms with Gasteiger partial charge in [0.2, 0.25) is 5.91 Å². The highest BCUT2D eigenvalue weighted by Crippen LogP contribution is 2.03. The van der Waals surface area contributed by atoms with Gasteiger partial charge in [0, 0.05) is 19.6 Å². The SMILES string of the molecule is CC(C)CCNC(=O)C(C)OC1CNC1. The van der Waals surface area contributed by atoms with Gasteiger partial charge in [0.1, 0.15) is 6.10 Å². The second-order valence-electron chi connectivity index (χ2n) is 4.53. The Morgan fingerprint density at radius 2 is 2.13 bits per heavy atom. The van der Waals surface area contributed by atoms with Gasteiger partial charge in [-0.2, -0.15) is 0 Å². The summed E-state index contributed by atoms with van der Waals surface area (Å²) in [5.74, 6) is 0.625. The molecule has 88 valence electrons. The molecular formula is C11H22N2O2. The first kappa shape index (κ1) is 12.5. The molecule has 1 aliphatic rings. The van der Waals surface area contributed by atoms with Crippen LogP contribution >= 0.6 is 0 Å². The molecule has 15 heavy (non-hydrogen) atoms. The van der Waals surface area contributed by atoms with Crippen molar-refractivity contribution in [2.45, 2.75) is 39.4 Å². The van der Waals surface area contributed by atoms with E-state index in [-0.39, 0.29) is 18.1 Å². The van der Waals surface area contributed by atoms with Crippen LogP contribution in [0.2, 0.25) is 0 Å². The molecule has 0 aromatic rings. The van der Waals surface area contributed by atoms with E-state index in [0.717, 1.165) is 26.1 Å². The summed E-state index contributed by atoms with van der Waals surface area (Å²) < 4.78 is 5.53. The van der Waals surface area contributed by atoms with Gasteiger partial charge in [-0.3, -0.25) is 4.79 Å². The average molecular weight is 214 g/mol. The van der Waals surface area contributed by atoms with E-state index in [1.165, 1.54) is 0 Å². The predicted molar refractivity (Wildman–Crippen MR) is 59.7 cm³/mol. The van der Waals surface area contributed by atoms with E-state index >= 15 is 0 Å². The highest BCUT2D eigenvalue weighted by atomic mass is 16.5. The van der Waals surface area contributed by atoms with Crippen LogP contribution in [-0.2, 0) is 9.53 Å². The molecular weight excluding hydrogens is 192 g/mol. The van der Waals surface area contributed by atoms with Gasteiger partial charge in [-0.05, 0) is 19.3 Å². The summed E-state index contributed by atoms with van der Waals surface area (Å²) in [4.78, 5) is 11.5. The standard InChI is InChI=1S/C11H22N2O2/c1-8(2)4-5-13-11(14)9(3)15-10-6-12-7-10/h8-10,12H,4-7H2,1-3H3,(H,13,14). The number of carbonyl (C=O) groups excluding carboxylic acids is 1. The molecule has 1 rings (SSSR count). The molecule has 0 bridgehead atoms. The minimum atomic E-state index is -0.329. The van der Waals surface area contributed by atoms with Crippen molar-refractivity contribution in [2.24, 2.45) is 5.92 Å². The Balaban J connectivity index is 2.09. The zero-order chi connectivity index (χ0) is 11.3. The molecule has 1 heterocycles. The lowest BCUT2D eigenvalue weighted by Gasteiger charge is -2.29. The normalized spacial score (nSPS) is 18.7. The van der Waals surface area contributed by atoms with Crippen LogP contribution in [0.1, 0.15) is 27.2 Å². The van der Waals surface area contributed by atoms with Gasteiger partial charge in [0.25, 0.3) is 0 Å². The Morgan fingerprint density at radius 1 is 1.47 bits per heavy atom. The Labute approximate surface area is 91.8 Å². The van der Waals surface area contributed by atoms with Crippen LogP contribution in [0.25, 0.3) is 0 Å². The maximum Gasteiger partial charge on any atom is 0.248 e. The molecule has 1 saturated heterocycles. The molecule has 2 N–H and O–H groups in total. The minimum absolute atomic E-state index is 0.00236. The van der Waals surface area contributed by atoms with Crippen molar-refractivity contribution in [1.29, 1.82) is 0 Å². The van der Waals surface area contributed by atoms with Crippen LogP contribution in [0, 0.1) is 5.92 Å². The van der Waals surface area contributed by atoms with E-state index in [2.05, 4.69) is 24.5 Å². The Hall–Kier alpha value is -0.610. The maximum absolute atomic E-state index is 11.5. The first-order valence-electron chi connectivity index (χ1n) is 5.73. The number of hydrogen-bond acceptors (Lipinski definition) is 3. The summed E-state index contributed by atoms with van der Waals surface area (Å²) in [5, 5.41) is 5.99. The molecule has 0 radical (unpaired) electrons. The predicted octanol–water partition coefficient (Wildman–Crippen LogP) is 0.526. The highest BCUT2D eigenvalue weighted by molar-refractivity contribution is 5.80. The first-order chi connectivity index (χ1) is 7.09. The van der Waals surface area contributed by atoms with E-state index < -0.39 is 0 Å². The first-order valence-corrected chi connectivity index (χ1v) is 5.73. The number of nitrogens with one attached hydrogen (secondary N) is 2. The second-order valence-corrected chi connectivity index (χ2v) is 4.53. The van der Waals surface area contributed by atoms with Gasteiger partial charge in [-0.15, -0.1) is 0 Å². The fraction of sp³-hybridized carbons (Fsp3) is 0.909. The minimum Gasteiger partial charge on any atom is -0.363 e. The quantitative estimate of drug-likeness (QED) is 0.678. The highest BCUT2D eigenvalue weighted by Gasteiger charge is 2.23. The molecule has 0 aliphatic carbocycles. The lowest BCUT2D eigenvalue weighted by atomic mass is 10.1. The summed E-state index contributed by atoms with van der Waals surface area (Å²) in [6.45, 7) is 8.57. The number of hydrogen-bond donors (Lipinski definition) is 2. The van der Waals surface area contributed by atoms with Crippen LogP contribution < -0.4 is 10.6 Å². The van der Waals surface area contributed by atoms with Crippen molar-refractivity contribution in [3.05, 3.63) is 0 Å². The van der Waals surface area contributed by atoms with Crippen LogP contribution in [0.3, 0.4) is 0 Å². The Morgan fingerprint density at radius 3 is 2.60 bits per heavy atom. The summed E-state index contributed by atoms with van der Waals surface area (Å²) in [6.07, 6.45) is 0.906. The zero-order valence-electron chi connectivity index (χ0n) is 9.88. The van der Waals surface area contributed by atoms with Crippen molar-refractivity contribution in [1.82, 2.24) is 10.6 Å². The summed E-state index contributed by atoms with van der Waals surface area (Å²) in [6, 6.07) is 0. The van der Waals surface area contributed by atoms with E-state index in [0.29, 0.717) is 5.92 Å². The third kappa shape index (κ3) is 4.62. The molecule has 1 aliphatic heterocycles. The van der Waals surface area contributed by atoms with Crippen molar-refractivity contribution < 1.29 is 9.53 Å². The van der Waals surface area contributed by atoms with Gasteiger partial charge < -0.3 is 15.4 Å². The molecule has 0 saturated carbocycles. The molecule has 0 aromatic carbocycles. The van der Waals surface area contributed by atoms with Crippen molar-refractivity contribution in [3.63, 3.8) is 0 Å². The van der Waals surface area contributed by atoms with Gasteiger partial charge >= 0.3 is 0 Å². The number of rotatable bonds is 6. The molecule has 0 aromatic heterocycles. The molecule has 1 atom stereocenters. The number of carbonyl (C=O) groups is 1. The second kappa shape index (κ2) is 6.08. The summed E-state index contributed by atoms with van der Waals surface area (Å²) in [7, 11) is 0. The fourth-order valence-electron chi connectivity index (χ4n) is 1.34. The monoisotopic (exact) mass is 214 g/mol. The van der Waals surface area contributed by atoms with Gasteiger partial charge in [-0.1, -0.05) is 13.8 Å². The van der Waals surface area contributed by atoms with Gasteiger partial charge in [0.15, 0.2) is 0 Å². The zero-order valence-corrected chi connectivity index (χ0v) is 9.88. The topological polar surface area (TPSA) is 50.4 Å². The largest absolute Gasteiger partial charge is 0.363 e. The lowest BCUT2D eigenvalue weighted by Crippen LogP contribution is -2.51. The maximum atomic E-state index is 11.5. The summed E-state index contributed by atoms with van der Waals surface area (Å²) >= 11 is 0. The smallest absolute Gasteiger partial charge is 0.248 e. The average Bonchev–Trinajstić information content (AvgIpc) is 2.10. The Kier molecular flexibility index (Phi) is 5.05.